The van der Waals surface area contributed by atoms with Gasteiger partial charge in [-0.2, -0.15) is 0 Å². The highest BCUT2D eigenvalue weighted by Gasteiger charge is 2.10. The van der Waals surface area contributed by atoms with E-state index in [4.69, 9.17) is 16.3 Å². The summed E-state index contributed by atoms with van der Waals surface area (Å²) in [6, 6.07) is 5.44. The van der Waals surface area contributed by atoms with Gasteiger partial charge >= 0.3 is 0 Å². The largest absolute Gasteiger partial charge is 0.483 e. The number of halogens is 1. The number of carbonyl (C=O) groups is 1. The van der Waals surface area contributed by atoms with Crippen LogP contribution in [0.15, 0.2) is 18.2 Å². The van der Waals surface area contributed by atoms with Crippen molar-refractivity contribution in [3.05, 3.63) is 28.8 Å². The fourth-order valence-corrected chi connectivity index (χ4v) is 1.67. The molecule has 0 saturated carbocycles. The zero-order chi connectivity index (χ0) is 12.8. The minimum atomic E-state index is -0.114. The fraction of sp³-hybridized carbons (Fsp3) is 0.462. The Hall–Kier alpha value is -1.22. The Balaban J connectivity index is 2.73. The molecule has 1 N–H and O–H groups in total. The Morgan fingerprint density at radius 3 is 2.76 bits per heavy atom. The van der Waals surface area contributed by atoms with Crippen LogP contribution in [-0.4, -0.2) is 19.1 Å². The highest BCUT2D eigenvalue weighted by atomic mass is 35.5. The molecule has 0 saturated heterocycles. The van der Waals surface area contributed by atoms with Crippen LogP contribution >= 0.6 is 11.6 Å². The molecule has 0 aliphatic carbocycles. The average Bonchev–Trinajstić information content (AvgIpc) is 2.27. The van der Waals surface area contributed by atoms with E-state index in [0.717, 1.165) is 11.3 Å². The summed E-state index contributed by atoms with van der Waals surface area (Å²) in [4.78, 5) is 11.3. The van der Waals surface area contributed by atoms with E-state index in [0.29, 0.717) is 17.5 Å². The minimum Gasteiger partial charge on any atom is -0.483 e. The monoisotopic (exact) mass is 255 g/mol. The molecule has 1 aromatic carbocycles. The van der Waals surface area contributed by atoms with E-state index in [9.17, 15) is 4.79 Å². The fourth-order valence-electron chi connectivity index (χ4n) is 1.49. The molecule has 0 fully saturated rings. The summed E-state index contributed by atoms with van der Waals surface area (Å²) in [5.41, 5.74) is 1.02. The van der Waals surface area contributed by atoms with Crippen molar-refractivity contribution in [1.82, 2.24) is 5.32 Å². The van der Waals surface area contributed by atoms with Crippen molar-refractivity contribution >= 4 is 17.5 Å². The van der Waals surface area contributed by atoms with Gasteiger partial charge in [0.2, 0.25) is 0 Å². The third kappa shape index (κ3) is 4.27. The number of carbonyl (C=O) groups excluding carboxylic acids is 1. The number of hydrogen-bond acceptors (Lipinski definition) is 2. The van der Waals surface area contributed by atoms with Gasteiger partial charge in [-0.3, -0.25) is 4.79 Å². The number of ether oxygens (including phenoxy) is 1. The Morgan fingerprint density at radius 2 is 2.18 bits per heavy atom. The van der Waals surface area contributed by atoms with Gasteiger partial charge in [0, 0.05) is 11.6 Å². The molecule has 0 unspecified atom stereocenters. The minimum absolute atomic E-state index is 0.0369. The highest BCUT2D eigenvalue weighted by Crippen LogP contribution is 2.29. The van der Waals surface area contributed by atoms with Crippen LogP contribution < -0.4 is 10.1 Å². The van der Waals surface area contributed by atoms with Crippen LogP contribution in [0, 0.1) is 0 Å². The highest BCUT2D eigenvalue weighted by molar-refractivity contribution is 6.30. The lowest BCUT2D eigenvalue weighted by molar-refractivity contribution is -0.122. The van der Waals surface area contributed by atoms with Crippen molar-refractivity contribution in [1.29, 1.82) is 0 Å². The van der Waals surface area contributed by atoms with Crippen molar-refractivity contribution in [3.63, 3.8) is 0 Å². The maximum absolute atomic E-state index is 11.3. The molecule has 1 aromatic rings. The number of amides is 1. The second-order valence-electron chi connectivity index (χ2n) is 4.08. The molecule has 0 heterocycles. The first-order valence-corrected chi connectivity index (χ1v) is 6.11. The third-order valence-electron chi connectivity index (χ3n) is 2.33. The standard InChI is InChI=1S/C13H18ClNO2/c1-4-15-13(16)8-17-12-6-5-10(14)7-11(12)9(2)3/h5-7,9H,4,8H2,1-3H3,(H,15,16). The molecule has 0 bridgehead atoms. The number of rotatable bonds is 5. The molecule has 0 aromatic heterocycles. The van der Waals surface area contributed by atoms with Crippen molar-refractivity contribution in [2.24, 2.45) is 0 Å². The van der Waals surface area contributed by atoms with Crippen molar-refractivity contribution < 1.29 is 9.53 Å². The Labute approximate surface area is 107 Å². The van der Waals surface area contributed by atoms with Gasteiger partial charge in [-0.05, 0) is 36.6 Å². The zero-order valence-corrected chi connectivity index (χ0v) is 11.2. The molecule has 17 heavy (non-hydrogen) atoms. The lowest BCUT2D eigenvalue weighted by Crippen LogP contribution is -2.28. The first kappa shape index (κ1) is 13.8. The molecule has 0 atom stereocenters. The van der Waals surface area contributed by atoms with Crippen molar-refractivity contribution in [2.75, 3.05) is 13.2 Å². The average molecular weight is 256 g/mol. The zero-order valence-electron chi connectivity index (χ0n) is 10.4. The maximum atomic E-state index is 11.3. The predicted molar refractivity (Wildman–Crippen MR) is 69.7 cm³/mol. The third-order valence-corrected chi connectivity index (χ3v) is 2.56. The number of likely N-dealkylation sites (N-methyl/N-ethyl adjacent to an activating group) is 1. The smallest absolute Gasteiger partial charge is 0.257 e. The van der Waals surface area contributed by atoms with E-state index >= 15 is 0 Å². The summed E-state index contributed by atoms with van der Waals surface area (Å²) in [6.45, 7) is 6.64. The van der Waals surface area contributed by atoms with E-state index in [2.05, 4.69) is 19.2 Å². The van der Waals surface area contributed by atoms with Crippen LogP contribution in [0.2, 0.25) is 5.02 Å². The summed E-state index contributed by atoms with van der Waals surface area (Å²) >= 11 is 5.94. The molecular weight excluding hydrogens is 238 g/mol. The summed E-state index contributed by atoms with van der Waals surface area (Å²) < 4.78 is 5.50. The number of hydrogen-bond donors (Lipinski definition) is 1. The molecule has 0 aliphatic rings. The molecule has 3 nitrogen and oxygen atoms in total. The molecule has 1 amide bonds. The SMILES string of the molecule is CCNC(=O)COc1ccc(Cl)cc1C(C)C. The molecule has 0 radical (unpaired) electrons. The van der Waals surface area contributed by atoms with Crippen LogP contribution in [-0.2, 0) is 4.79 Å². The van der Waals surface area contributed by atoms with Crippen LogP contribution in [0.5, 0.6) is 5.75 Å². The van der Waals surface area contributed by atoms with E-state index in [1.54, 1.807) is 12.1 Å². The van der Waals surface area contributed by atoms with Crippen LogP contribution in [0.3, 0.4) is 0 Å². The van der Waals surface area contributed by atoms with Crippen molar-refractivity contribution in [3.8, 4) is 5.75 Å². The van der Waals surface area contributed by atoms with E-state index in [1.807, 2.05) is 13.0 Å². The molecule has 94 valence electrons. The maximum Gasteiger partial charge on any atom is 0.257 e. The van der Waals surface area contributed by atoms with E-state index in [1.165, 1.54) is 0 Å². The van der Waals surface area contributed by atoms with Gasteiger partial charge in [0.15, 0.2) is 6.61 Å². The van der Waals surface area contributed by atoms with Crippen LogP contribution in [0.25, 0.3) is 0 Å². The summed E-state index contributed by atoms with van der Waals surface area (Å²) in [7, 11) is 0. The van der Waals surface area contributed by atoms with Gasteiger partial charge < -0.3 is 10.1 Å². The van der Waals surface area contributed by atoms with Gasteiger partial charge in [-0.15, -0.1) is 0 Å². The lowest BCUT2D eigenvalue weighted by Gasteiger charge is -2.14. The van der Waals surface area contributed by atoms with E-state index < -0.39 is 0 Å². The molecule has 1 rings (SSSR count). The normalized spacial score (nSPS) is 10.4. The molecule has 0 aliphatic heterocycles. The Kier molecular flexibility index (Phi) is 5.29. The lowest BCUT2D eigenvalue weighted by atomic mass is 10.0. The van der Waals surface area contributed by atoms with Gasteiger partial charge in [0.25, 0.3) is 5.91 Å². The molecule has 0 spiro atoms. The first-order chi connectivity index (χ1) is 8.04. The first-order valence-electron chi connectivity index (χ1n) is 5.73. The quantitative estimate of drug-likeness (QED) is 0.879. The van der Waals surface area contributed by atoms with Crippen molar-refractivity contribution in [2.45, 2.75) is 26.7 Å². The Bertz CT molecular complexity index is 391. The summed E-state index contributed by atoms with van der Waals surface area (Å²) in [6.07, 6.45) is 0. The van der Waals surface area contributed by atoms with E-state index in [-0.39, 0.29) is 12.5 Å². The predicted octanol–water partition coefficient (Wildman–Crippen LogP) is 2.98. The van der Waals surface area contributed by atoms with Gasteiger partial charge in [0.05, 0.1) is 0 Å². The molecule has 4 heteroatoms. The summed E-state index contributed by atoms with van der Waals surface area (Å²) in [5.74, 6) is 0.908. The van der Waals surface area contributed by atoms with Crippen LogP contribution in [0.4, 0.5) is 0 Å². The van der Waals surface area contributed by atoms with Gasteiger partial charge in [0.1, 0.15) is 5.75 Å². The van der Waals surface area contributed by atoms with Gasteiger partial charge in [-0.25, -0.2) is 0 Å². The summed E-state index contributed by atoms with van der Waals surface area (Å²) in [5, 5.41) is 3.37. The Morgan fingerprint density at radius 1 is 1.47 bits per heavy atom. The second-order valence-corrected chi connectivity index (χ2v) is 4.52. The van der Waals surface area contributed by atoms with Gasteiger partial charge in [-0.1, -0.05) is 25.4 Å². The molecular formula is C13H18ClNO2. The van der Waals surface area contributed by atoms with Crippen LogP contribution in [0.1, 0.15) is 32.3 Å². The second kappa shape index (κ2) is 6.50. The topological polar surface area (TPSA) is 38.3 Å². The number of nitrogens with one attached hydrogen (secondary N) is 1. The number of benzene rings is 1.